The Hall–Kier alpha value is -1.15. The number of aromatic nitrogens is 1. The van der Waals surface area contributed by atoms with E-state index in [1.54, 1.807) is 0 Å². The lowest BCUT2D eigenvalue weighted by atomic mass is 9.84. The SMILES string of the molecule is C1=C(c2cccnc2)CC2NCCC2C1. The summed E-state index contributed by atoms with van der Waals surface area (Å²) >= 11 is 0. The van der Waals surface area contributed by atoms with Crippen molar-refractivity contribution in [1.29, 1.82) is 0 Å². The molecule has 0 amide bonds. The third-order valence-electron chi connectivity index (χ3n) is 3.63. The Morgan fingerprint density at radius 1 is 1.40 bits per heavy atom. The van der Waals surface area contributed by atoms with Gasteiger partial charge in [0.2, 0.25) is 0 Å². The topological polar surface area (TPSA) is 24.9 Å². The molecule has 0 bridgehead atoms. The molecule has 78 valence electrons. The Labute approximate surface area is 90.4 Å². The highest BCUT2D eigenvalue weighted by Crippen LogP contribution is 2.34. The lowest BCUT2D eigenvalue weighted by Gasteiger charge is -2.25. The molecule has 2 atom stereocenters. The zero-order chi connectivity index (χ0) is 10.1. The predicted molar refractivity (Wildman–Crippen MR) is 61.3 cm³/mol. The summed E-state index contributed by atoms with van der Waals surface area (Å²) in [5.41, 5.74) is 2.77. The van der Waals surface area contributed by atoms with Crippen molar-refractivity contribution in [3.8, 4) is 0 Å². The molecule has 1 aromatic rings. The van der Waals surface area contributed by atoms with Crippen LogP contribution in [0, 0.1) is 5.92 Å². The van der Waals surface area contributed by atoms with Crippen molar-refractivity contribution in [1.82, 2.24) is 10.3 Å². The van der Waals surface area contributed by atoms with E-state index >= 15 is 0 Å². The van der Waals surface area contributed by atoms with Crippen LogP contribution in [-0.2, 0) is 0 Å². The maximum atomic E-state index is 4.18. The summed E-state index contributed by atoms with van der Waals surface area (Å²) in [4.78, 5) is 4.18. The molecule has 0 saturated carbocycles. The van der Waals surface area contributed by atoms with Crippen molar-refractivity contribution in [2.24, 2.45) is 5.92 Å². The molecule has 0 radical (unpaired) electrons. The largest absolute Gasteiger partial charge is 0.313 e. The number of hydrogen-bond donors (Lipinski definition) is 1. The molecule has 3 rings (SSSR count). The maximum absolute atomic E-state index is 4.18. The number of nitrogens with zero attached hydrogens (tertiary/aromatic N) is 1. The zero-order valence-electron chi connectivity index (χ0n) is 8.82. The summed E-state index contributed by atoms with van der Waals surface area (Å²) in [7, 11) is 0. The van der Waals surface area contributed by atoms with Gasteiger partial charge in [0.25, 0.3) is 0 Å². The molecule has 1 fully saturated rings. The Morgan fingerprint density at radius 2 is 2.40 bits per heavy atom. The number of hydrogen-bond acceptors (Lipinski definition) is 2. The molecule has 1 aliphatic heterocycles. The van der Waals surface area contributed by atoms with Crippen LogP contribution in [0.15, 0.2) is 30.6 Å². The molecule has 2 unspecified atom stereocenters. The maximum Gasteiger partial charge on any atom is 0.0342 e. The van der Waals surface area contributed by atoms with Crippen LogP contribution in [0.1, 0.15) is 24.8 Å². The first kappa shape index (κ1) is 9.10. The average molecular weight is 200 g/mol. The minimum absolute atomic E-state index is 0.713. The quantitative estimate of drug-likeness (QED) is 0.752. The monoisotopic (exact) mass is 200 g/mol. The third-order valence-corrected chi connectivity index (χ3v) is 3.63. The Kier molecular flexibility index (Phi) is 2.29. The van der Waals surface area contributed by atoms with Crippen molar-refractivity contribution in [2.45, 2.75) is 25.3 Å². The smallest absolute Gasteiger partial charge is 0.0342 e. The first-order chi connectivity index (χ1) is 7.43. The van der Waals surface area contributed by atoms with Gasteiger partial charge in [-0.25, -0.2) is 0 Å². The molecule has 1 N–H and O–H groups in total. The van der Waals surface area contributed by atoms with E-state index < -0.39 is 0 Å². The molecule has 2 heteroatoms. The van der Waals surface area contributed by atoms with Gasteiger partial charge < -0.3 is 5.32 Å². The Balaban J connectivity index is 1.84. The molecular formula is C13H16N2. The summed E-state index contributed by atoms with van der Waals surface area (Å²) in [6, 6.07) is 4.89. The van der Waals surface area contributed by atoms with Gasteiger partial charge in [-0.05, 0) is 48.9 Å². The summed E-state index contributed by atoms with van der Waals surface area (Å²) in [6.07, 6.45) is 9.98. The minimum atomic E-state index is 0.713. The van der Waals surface area contributed by atoms with E-state index in [0.717, 1.165) is 5.92 Å². The normalized spacial score (nSPS) is 29.7. The van der Waals surface area contributed by atoms with Crippen LogP contribution in [0.2, 0.25) is 0 Å². The van der Waals surface area contributed by atoms with Crippen LogP contribution in [0.5, 0.6) is 0 Å². The van der Waals surface area contributed by atoms with Gasteiger partial charge in [-0.2, -0.15) is 0 Å². The molecule has 1 saturated heterocycles. The molecule has 15 heavy (non-hydrogen) atoms. The van der Waals surface area contributed by atoms with E-state index in [-0.39, 0.29) is 0 Å². The third kappa shape index (κ3) is 1.70. The van der Waals surface area contributed by atoms with Crippen LogP contribution in [0.25, 0.3) is 5.57 Å². The van der Waals surface area contributed by atoms with E-state index in [1.807, 2.05) is 18.5 Å². The summed E-state index contributed by atoms with van der Waals surface area (Å²) < 4.78 is 0. The Morgan fingerprint density at radius 3 is 3.27 bits per heavy atom. The van der Waals surface area contributed by atoms with E-state index in [0.29, 0.717) is 6.04 Å². The van der Waals surface area contributed by atoms with Crippen molar-refractivity contribution in [3.63, 3.8) is 0 Å². The number of rotatable bonds is 1. The molecular weight excluding hydrogens is 184 g/mol. The van der Waals surface area contributed by atoms with E-state index in [4.69, 9.17) is 0 Å². The van der Waals surface area contributed by atoms with E-state index in [9.17, 15) is 0 Å². The average Bonchev–Trinajstić information content (AvgIpc) is 2.77. The van der Waals surface area contributed by atoms with Gasteiger partial charge in [0, 0.05) is 18.4 Å². The lowest BCUT2D eigenvalue weighted by Crippen LogP contribution is -2.29. The van der Waals surface area contributed by atoms with Crippen LogP contribution >= 0.6 is 0 Å². The highest BCUT2D eigenvalue weighted by molar-refractivity contribution is 5.66. The van der Waals surface area contributed by atoms with Gasteiger partial charge in [0.05, 0.1) is 0 Å². The molecule has 2 heterocycles. The standard InChI is InChI=1S/C13H16N2/c1-2-12(9-14-6-1)11-4-3-10-5-7-15-13(10)8-11/h1-2,4,6,9-10,13,15H,3,5,7-8H2. The van der Waals surface area contributed by atoms with Crippen molar-refractivity contribution >= 4 is 5.57 Å². The van der Waals surface area contributed by atoms with Crippen LogP contribution in [-0.4, -0.2) is 17.6 Å². The minimum Gasteiger partial charge on any atom is -0.313 e. The van der Waals surface area contributed by atoms with Gasteiger partial charge >= 0.3 is 0 Å². The van der Waals surface area contributed by atoms with Gasteiger partial charge in [-0.15, -0.1) is 0 Å². The van der Waals surface area contributed by atoms with Gasteiger partial charge in [-0.3, -0.25) is 4.98 Å². The fourth-order valence-corrected chi connectivity index (χ4v) is 2.75. The van der Waals surface area contributed by atoms with Gasteiger partial charge in [0.15, 0.2) is 0 Å². The second kappa shape index (κ2) is 3.78. The summed E-state index contributed by atoms with van der Waals surface area (Å²) in [6.45, 7) is 1.20. The zero-order valence-corrected chi connectivity index (χ0v) is 8.82. The van der Waals surface area contributed by atoms with Crippen molar-refractivity contribution < 1.29 is 0 Å². The first-order valence-corrected chi connectivity index (χ1v) is 5.76. The second-order valence-corrected chi connectivity index (χ2v) is 4.52. The number of fused-ring (bicyclic) bond motifs is 1. The first-order valence-electron chi connectivity index (χ1n) is 5.76. The van der Waals surface area contributed by atoms with Crippen LogP contribution < -0.4 is 5.32 Å². The highest BCUT2D eigenvalue weighted by atomic mass is 15.0. The number of allylic oxidation sites excluding steroid dienone is 1. The molecule has 2 nitrogen and oxygen atoms in total. The molecule has 1 aromatic heterocycles. The number of pyridine rings is 1. The molecule has 0 spiro atoms. The molecule has 1 aliphatic carbocycles. The summed E-state index contributed by atoms with van der Waals surface area (Å²) in [5, 5.41) is 3.60. The van der Waals surface area contributed by atoms with E-state index in [1.165, 1.54) is 36.9 Å². The lowest BCUT2D eigenvalue weighted by molar-refractivity contribution is 0.445. The second-order valence-electron chi connectivity index (χ2n) is 4.52. The van der Waals surface area contributed by atoms with E-state index in [2.05, 4.69) is 22.4 Å². The highest BCUT2D eigenvalue weighted by Gasteiger charge is 2.29. The Bertz CT molecular complexity index is 369. The predicted octanol–water partition coefficient (Wildman–Crippen LogP) is 2.24. The van der Waals surface area contributed by atoms with Crippen molar-refractivity contribution in [2.75, 3.05) is 6.54 Å². The fraction of sp³-hybridized carbons (Fsp3) is 0.462. The van der Waals surface area contributed by atoms with Crippen LogP contribution in [0.3, 0.4) is 0 Å². The van der Waals surface area contributed by atoms with Gasteiger partial charge in [-0.1, -0.05) is 12.1 Å². The van der Waals surface area contributed by atoms with Crippen molar-refractivity contribution in [3.05, 3.63) is 36.2 Å². The van der Waals surface area contributed by atoms with Crippen LogP contribution in [0.4, 0.5) is 0 Å². The summed E-state index contributed by atoms with van der Waals surface area (Å²) in [5.74, 6) is 0.880. The molecule has 2 aliphatic rings. The number of nitrogens with one attached hydrogen (secondary N) is 1. The fourth-order valence-electron chi connectivity index (χ4n) is 2.75. The molecule has 0 aromatic carbocycles. The van der Waals surface area contributed by atoms with Gasteiger partial charge in [0.1, 0.15) is 0 Å².